The van der Waals surface area contributed by atoms with Crippen molar-refractivity contribution in [2.45, 2.75) is 58.2 Å². The molecule has 2 aromatic carbocycles. The van der Waals surface area contributed by atoms with Crippen molar-refractivity contribution in [3.63, 3.8) is 0 Å². The number of hydrogen-bond donors (Lipinski definition) is 0. The normalized spacial score (nSPS) is 16.8. The molecule has 182 valence electrons. The third-order valence-electron chi connectivity index (χ3n) is 5.49. The maximum absolute atomic E-state index is 12.6. The monoisotopic (exact) mass is 478 g/mol. The Balaban J connectivity index is 1.60. The van der Waals surface area contributed by atoms with Crippen LogP contribution in [0.1, 0.15) is 33.6 Å². The van der Waals surface area contributed by atoms with Crippen LogP contribution in [0.25, 0.3) is 22.2 Å². The number of halogens is 3. The van der Waals surface area contributed by atoms with E-state index in [1.807, 2.05) is 0 Å². The zero-order chi connectivity index (χ0) is 24.7. The molecule has 1 atom stereocenters. The Kier molecular flexibility index (Phi) is 6.09. The van der Waals surface area contributed by atoms with Crippen molar-refractivity contribution in [3.8, 4) is 16.9 Å². The maximum atomic E-state index is 12.6. The van der Waals surface area contributed by atoms with E-state index >= 15 is 0 Å². The van der Waals surface area contributed by atoms with Crippen molar-refractivity contribution in [1.29, 1.82) is 0 Å². The molecule has 34 heavy (non-hydrogen) atoms. The molecule has 0 N–H and O–H groups in total. The van der Waals surface area contributed by atoms with Crippen molar-refractivity contribution in [1.82, 2.24) is 9.47 Å². The second-order valence-electron chi connectivity index (χ2n) is 9.20. The Morgan fingerprint density at radius 2 is 1.76 bits per heavy atom. The summed E-state index contributed by atoms with van der Waals surface area (Å²) in [5, 5.41) is 0. The first-order valence-corrected chi connectivity index (χ1v) is 10.9. The van der Waals surface area contributed by atoms with Gasteiger partial charge in [0.1, 0.15) is 11.4 Å². The van der Waals surface area contributed by atoms with Crippen LogP contribution in [0.2, 0.25) is 0 Å². The summed E-state index contributed by atoms with van der Waals surface area (Å²) in [7, 11) is 0. The van der Waals surface area contributed by atoms with E-state index in [9.17, 15) is 22.8 Å². The molecule has 0 bridgehead atoms. The van der Waals surface area contributed by atoms with Gasteiger partial charge < -0.3 is 18.8 Å². The Labute approximate surface area is 193 Å². The summed E-state index contributed by atoms with van der Waals surface area (Å²) in [6, 6.07) is 10.3. The number of amides is 1. The molecular formula is C24H25F3N2O5. The molecule has 7 nitrogen and oxygen atoms in total. The highest BCUT2D eigenvalue weighted by molar-refractivity contribution is 5.81. The predicted molar refractivity (Wildman–Crippen MR) is 119 cm³/mol. The molecule has 3 aromatic rings. The van der Waals surface area contributed by atoms with E-state index in [0.29, 0.717) is 28.8 Å². The topological polar surface area (TPSA) is 73.9 Å². The van der Waals surface area contributed by atoms with E-state index in [2.05, 4.69) is 4.74 Å². The number of nitrogens with zero attached hydrogens (tertiary/aromatic N) is 2. The summed E-state index contributed by atoms with van der Waals surface area (Å²) in [4.78, 5) is 26.8. The minimum Gasteiger partial charge on any atom is -0.444 e. The van der Waals surface area contributed by atoms with E-state index in [-0.39, 0.29) is 18.3 Å². The Hall–Kier alpha value is -3.43. The second kappa shape index (κ2) is 8.73. The number of oxazole rings is 1. The number of hydrogen-bond acceptors (Lipinski definition) is 5. The lowest BCUT2D eigenvalue weighted by Gasteiger charge is -2.28. The fourth-order valence-corrected chi connectivity index (χ4v) is 4.06. The third-order valence-corrected chi connectivity index (χ3v) is 5.49. The largest absolute Gasteiger partial charge is 0.573 e. The molecule has 10 heteroatoms. The van der Waals surface area contributed by atoms with Gasteiger partial charge in [0.05, 0.1) is 18.1 Å². The Morgan fingerprint density at radius 3 is 2.41 bits per heavy atom. The van der Waals surface area contributed by atoms with Gasteiger partial charge in [-0.1, -0.05) is 18.2 Å². The van der Waals surface area contributed by atoms with E-state index in [1.54, 1.807) is 43.9 Å². The second-order valence-corrected chi connectivity index (χ2v) is 9.20. The van der Waals surface area contributed by atoms with Crippen LogP contribution in [0.5, 0.6) is 5.75 Å². The molecule has 1 fully saturated rings. The minimum atomic E-state index is -4.76. The van der Waals surface area contributed by atoms with Crippen LogP contribution < -0.4 is 10.5 Å². The number of fused-ring (bicyclic) bond motifs is 1. The molecule has 0 unspecified atom stereocenters. The molecule has 1 aromatic heterocycles. The molecule has 0 aliphatic carbocycles. The summed E-state index contributed by atoms with van der Waals surface area (Å²) >= 11 is 0. The Bertz CT molecular complexity index is 1240. The lowest BCUT2D eigenvalue weighted by atomic mass is 10.1. The van der Waals surface area contributed by atoms with Crippen LogP contribution in [0.4, 0.5) is 18.0 Å². The van der Waals surface area contributed by atoms with Crippen LogP contribution >= 0.6 is 0 Å². The molecule has 1 saturated heterocycles. The fourth-order valence-electron chi connectivity index (χ4n) is 4.06. The molecule has 1 aliphatic rings. The number of alkyl halides is 3. The van der Waals surface area contributed by atoms with Gasteiger partial charge in [0, 0.05) is 6.54 Å². The number of likely N-dealkylation sites (tertiary alicyclic amines) is 1. The third kappa shape index (κ3) is 5.37. The molecular weight excluding hydrogens is 453 g/mol. The van der Waals surface area contributed by atoms with Gasteiger partial charge in [0.2, 0.25) is 0 Å². The van der Waals surface area contributed by atoms with Crippen LogP contribution in [0.3, 0.4) is 0 Å². The van der Waals surface area contributed by atoms with Gasteiger partial charge in [-0.15, -0.1) is 13.2 Å². The van der Waals surface area contributed by atoms with Crippen LogP contribution in [-0.2, 0) is 11.3 Å². The highest BCUT2D eigenvalue weighted by Crippen LogP contribution is 2.29. The summed E-state index contributed by atoms with van der Waals surface area (Å²) in [5.41, 5.74) is 1.63. The number of ether oxygens (including phenoxy) is 2. The number of carbonyl (C=O) groups is 1. The van der Waals surface area contributed by atoms with Crippen molar-refractivity contribution in [2.75, 3.05) is 6.54 Å². The Morgan fingerprint density at radius 1 is 1.09 bits per heavy atom. The van der Waals surface area contributed by atoms with Gasteiger partial charge in [-0.25, -0.2) is 9.59 Å². The average Bonchev–Trinajstić information content (AvgIpc) is 3.31. The summed E-state index contributed by atoms with van der Waals surface area (Å²) < 4.78 is 53.5. The molecule has 0 saturated carbocycles. The first kappa shape index (κ1) is 23.7. The van der Waals surface area contributed by atoms with E-state index in [4.69, 9.17) is 9.15 Å². The van der Waals surface area contributed by atoms with Crippen LogP contribution in [0.15, 0.2) is 51.7 Å². The van der Waals surface area contributed by atoms with Gasteiger partial charge in [-0.2, -0.15) is 0 Å². The standard InChI is InChI=1S/C24H25F3N2O5/c1-23(2,3)34-22(31)28-12-4-5-17(28)14-29-19-13-16(8-11-20(19)32-21(29)30)15-6-9-18(10-7-15)33-24(25,26)27/h6-11,13,17H,4-5,12,14H2,1-3H3/t17-/m0/s1. The van der Waals surface area contributed by atoms with Crippen molar-refractivity contribution >= 4 is 17.2 Å². The number of benzene rings is 2. The van der Waals surface area contributed by atoms with E-state index in [0.717, 1.165) is 12.8 Å². The van der Waals surface area contributed by atoms with Gasteiger partial charge in [0.15, 0.2) is 5.58 Å². The zero-order valence-electron chi connectivity index (χ0n) is 19.0. The van der Waals surface area contributed by atoms with Crippen LogP contribution in [-0.4, -0.2) is 40.1 Å². The van der Waals surface area contributed by atoms with Crippen molar-refractivity contribution < 1.29 is 31.9 Å². The molecule has 2 heterocycles. The van der Waals surface area contributed by atoms with Crippen LogP contribution in [0, 0.1) is 0 Å². The zero-order valence-corrected chi connectivity index (χ0v) is 19.0. The fraction of sp³-hybridized carbons (Fsp3) is 0.417. The van der Waals surface area contributed by atoms with Crippen molar-refractivity contribution in [2.24, 2.45) is 0 Å². The quantitative estimate of drug-likeness (QED) is 0.491. The molecule has 0 spiro atoms. The van der Waals surface area contributed by atoms with Gasteiger partial charge in [-0.3, -0.25) is 4.57 Å². The van der Waals surface area contributed by atoms with Gasteiger partial charge in [0.25, 0.3) is 0 Å². The van der Waals surface area contributed by atoms with Crippen molar-refractivity contribution in [3.05, 3.63) is 53.0 Å². The first-order chi connectivity index (χ1) is 15.9. The first-order valence-electron chi connectivity index (χ1n) is 10.9. The summed E-state index contributed by atoms with van der Waals surface area (Å²) in [6.07, 6.45) is -3.66. The van der Waals surface area contributed by atoms with E-state index < -0.39 is 23.8 Å². The summed E-state index contributed by atoms with van der Waals surface area (Å²) in [6.45, 7) is 6.18. The molecule has 1 amide bonds. The predicted octanol–water partition coefficient (Wildman–Crippen LogP) is 5.56. The SMILES string of the molecule is CC(C)(C)OC(=O)N1CCC[C@H]1Cn1c(=O)oc2ccc(-c3ccc(OC(F)(F)F)cc3)cc21. The summed E-state index contributed by atoms with van der Waals surface area (Å²) in [5.74, 6) is -0.863. The minimum absolute atomic E-state index is 0.226. The number of carbonyl (C=O) groups excluding carboxylic acids is 1. The lowest BCUT2D eigenvalue weighted by molar-refractivity contribution is -0.274. The molecule has 0 radical (unpaired) electrons. The molecule has 1 aliphatic heterocycles. The molecule has 4 rings (SSSR count). The highest BCUT2D eigenvalue weighted by atomic mass is 19.4. The smallest absolute Gasteiger partial charge is 0.444 e. The van der Waals surface area contributed by atoms with E-state index in [1.165, 1.54) is 28.8 Å². The van der Waals surface area contributed by atoms with Gasteiger partial charge >= 0.3 is 18.2 Å². The number of rotatable bonds is 4. The average molecular weight is 478 g/mol. The maximum Gasteiger partial charge on any atom is 0.573 e. The number of aromatic nitrogens is 1. The lowest BCUT2D eigenvalue weighted by Crippen LogP contribution is -2.42. The van der Waals surface area contributed by atoms with Gasteiger partial charge in [-0.05, 0) is 69.0 Å². The highest BCUT2D eigenvalue weighted by Gasteiger charge is 2.33.